The Kier molecular flexibility index (Phi) is 6.16. The Morgan fingerprint density at radius 1 is 1.16 bits per heavy atom. The summed E-state index contributed by atoms with van der Waals surface area (Å²) < 4.78 is 11.6. The molecule has 1 N–H and O–H groups in total. The van der Waals surface area contributed by atoms with Gasteiger partial charge in [0.15, 0.2) is 11.5 Å². The van der Waals surface area contributed by atoms with Crippen molar-refractivity contribution < 1.29 is 9.47 Å². The lowest BCUT2D eigenvalue weighted by atomic mass is 10.1. The van der Waals surface area contributed by atoms with E-state index in [0.29, 0.717) is 0 Å². The van der Waals surface area contributed by atoms with Gasteiger partial charge in [0.1, 0.15) is 6.10 Å². The van der Waals surface area contributed by atoms with Crippen LogP contribution >= 0.6 is 0 Å². The third-order valence-electron chi connectivity index (χ3n) is 2.56. The summed E-state index contributed by atoms with van der Waals surface area (Å²) in [7, 11) is 0. The molecule has 1 aromatic rings. The third kappa shape index (κ3) is 6.48. The van der Waals surface area contributed by atoms with Gasteiger partial charge in [-0.15, -0.1) is 0 Å². The normalized spacial score (nSPS) is 13.1. The van der Waals surface area contributed by atoms with Crippen LogP contribution in [0.1, 0.15) is 41.0 Å². The molecule has 108 valence electrons. The smallest absolute Gasteiger partial charge is 0.161 e. The molecule has 0 saturated carbocycles. The van der Waals surface area contributed by atoms with E-state index in [1.54, 1.807) is 0 Å². The number of ether oxygens (including phenoxy) is 2. The largest absolute Gasteiger partial charge is 0.490 e. The molecule has 0 bridgehead atoms. The van der Waals surface area contributed by atoms with Gasteiger partial charge in [-0.2, -0.15) is 0 Å². The zero-order chi connectivity index (χ0) is 14.3. The van der Waals surface area contributed by atoms with Crippen molar-refractivity contribution in [3.05, 3.63) is 24.3 Å². The average molecular weight is 265 g/mol. The predicted octanol–water partition coefficient (Wildman–Crippen LogP) is 3.63. The first-order valence-electron chi connectivity index (χ1n) is 7.06. The van der Waals surface area contributed by atoms with Gasteiger partial charge >= 0.3 is 0 Å². The number of rotatable bonds is 7. The molecule has 0 aliphatic heterocycles. The topological polar surface area (TPSA) is 30.5 Å². The number of benzene rings is 1. The van der Waals surface area contributed by atoms with E-state index >= 15 is 0 Å². The number of hydrogen-bond acceptors (Lipinski definition) is 3. The lowest BCUT2D eigenvalue weighted by Gasteiger charge is -2.24. The van der Waals surface area contributed by atoms with Gasteiger partial charge in [0, 0.05) is 12.1 Å². The van der Waals surface area contributed by atoms with Crippen molar-refractivity contribution in [2.45, 2.75) is 52.7 Å². The fourth-order valence-corrected chi connectivity index (χ4v) is 1.59. The summed E-state index contributed by atoms with van der Waals surface area (Å²) in [5.74, 6) is 1.64. The Balaban J connectivity index is 2.55. The van der Waals surface area contributed by atoms with Crippen molar-refractivity contribution in [1.82, 2.24) is 5.32 Å². The molecule has 3 heteroatoms. The first-order valence-corrected chi connectivity index (χ1v) is 7.06. The van der Waals surface area contributed by atoms with Crippen molar-refractivity contribution in [2.24, 2.45) is 0 Å². The van der Waals surface area contributed by atoms with Gasteiger partial charge in [-0.3, -0.25) is 0 Å². The molecule has 0 spiro atoms. The van der Waals surface area contributed by atoms with E-state index in [0.717, 1.165) is 31.1 Å². The zero-order valence-electron chi connectivity index (χ0n) is 12.8. The van der Waals surface area contributed by atoms with Crippen LogP contribution in [0.15, 0.2) is 24.3 Å². The molecule has 1 aromatic carbocycles. The van der Waals surface area contributed by atoms with Gasteiger partial charge < -0.3 is 14.8 Å². The van der Waals surface area contributed by atoms with E-state index in [1.807, 2.05) is 24.3 Å². The highest BCUT2D eigenvalue weighted by atomic mass is 16.5. The van der Waals surface area contributed by atoms with E-state index in [-0.39, 0.29) is 11.6 Å². The molecule has 0 amide bonds. The molecular formula is C16H27NO2. The van der Waals surface area contributed by atoms with Crippen molar-refractivity contribution in [3.63, 3.8) is 0 Å². The van der Waals surface area contributed by atoms with Crippen molar-refractivity contribution in [2.75, 3.05) is 13.2 Å². The van der Waals surface area contributed by atoms with Crippen molar-refractivity contribution in [1.29, 1.82) is 0 Å². The molecular weight excluding hydrogens is 238 g/mol. The standard InChI is InChI=1S/C16H27NO2/c1-6-11-18-14-9-7-8-10-15(14)19-13(2)12-17-16(3,4)5/h7-10,13,17H,6,11-12H2,1-5H3. The number of hydrogen-bond donors (Lipinski definition) is 1. The zero-order valence-corrected chi connectivity index (χ0v) is 12.8. The molecule has 0 aliphatic carbocycles. The predicted molar refractivity (Wildman–Crippen MR) is 80.1 cm³/mol. The first kappa shape index (κ1) is 15.8. The summed E-state index contributed by atoms with van der Waals surface area (Å²) in [5.41, 5.74) is 0.107. The van der Waals surface area contributed by atoms with Crippen LogP contribution in [-0.2, 0) is 0 Å². The van der Waals surface area contributed by atoms with Gasteiger partial charge in [0.2, 0.25) is 0 Å². The fourth-order valence-electron chi connectivity index (χ4n) is 1.59. The third-order valence-corrected chi connectivity index (χ3v) is 2.56. The highest BCUT2D eigenvalue weighted by molar-refractivity contribution is 5.39. The molecule has 19 heavy (non-hydrogen) atoms. The van der Waals surface area contributed by atoms with E-state index in [4.69, 9.17) is 9.47 Å². The Bertz CT molecular complexity index is 371. The second-order valence-electron chi connectivity index (χ2n) is 5.85. The first-order chi connectivity index (χ1) is 8.92. The van der Waals surface area contributed by atoms with Gasteiger partial charge in [0.05, 0.1) is 6.61 Å². The maximum Gasteiger partial charge on any atom is 0.161 e. The molecule has 0 fully saturated rings. The maximum absolute atomic E-state index is 5.95. The van der Waals surface area contributed by atoms with E-state index in [1.165, 1.54) is 0 Å². The van der Waals surface area contributed by atoms with Crippen LogP contribution in [0, 0.1) is 0 Å². The molecule has 1 unspecified atom stereocenters. The summed E-state index contributed by atoms with van der Waals surface area (Å²) in [5, 5.41) is 3.44. The Morgan fingerprint density at radius 3 is 2.37 bits per heavy atom. The molecule has 1 rings (SSSR count). The molecule has 0 aliphatic rings. The van der Waals surface area contributed by atoms with Gasteiger partial charge in [-0.05, 0) is 46.2 Å². The lowest BCUT2D eigenvalue weighted by Crippen LogP contribution is -2.41. The Hall–Kier alpha value is -1.22. The van der Waals surface area contributed by atoms with Crippen LogP contribution in [0.4, 0.5) is 0 Å². The number of para-hydroxylation sites is 2. The van der Waals surface area contributed by atoms with Crippen LogP contribution in [-0.4, -0.2) is 24.8 Å². The van der Waals surface area contributed by atoms with Crippen LogP contribution in [0.25, 0.3) is 0 Å². The van der Waals surface area contributed by atoms with Gasteiger partial charge in [-0.1, -0.05) is 19.1 Å². The second kappa shape index (κ2) is 7.39. The summed E-state index contributed by atoms with van der Waals surface area (Å²) in [6.07, 6.45) is 1.10. The summed E-state index contributed by atoms with van der Waals surface area (Å²) in [6.45, 7) is 12.1. The van der Waals surface area contributed by atoms with Gasteiger partial charge in [-0.25, -0.2) is 0 Å². The van der Waals surface area contributed by atoms with Crippen LogP contribution in [0.3, 0.4) is 0 Å². The van der Waals surface area contributed by atoms with Crippen LogP contribution in [0.2, 0.25) is 0 Å². The van der Waals surface area contributed by atoms with E-state index in [2.05, 4.69) is 39.9 Å². The summed E-state index contributed by atoms with van der Waals surface area (Å²) in [4.78, 5) is 0. The van der Waals surface area contributed by atoms with Crippen molar-refractivity contribution >= 4 is 0 Å². The minimum atomic E-state index is 0.102. The Labute approximate surface area is 117 Å². The van der Waals surface area contributed by atoms with E-state index in [9.17, 15) is 0 Å². The van der Waals surface area contributed by atoms with E-state index < -0.39 is 0 Å². The molecule has 0 radical (unpaired) electrons. The van der Waals surface area contributed by atoms with Gasteiger partial charge in [0.25, 0.3) is 0 Å². The lowest BCUT2D eigenvalue weighted by molar-refractivity contribution is 0.191. The molecule has 0 aromatic heterocycles. The van der Waals surface area contributed by atoms with Crippen LogP contribution in [0.5, 0.6) is 11.5 Å². The average Bonchev–Trinajstić information content (AvgIpc) is 2.34. The van der Waals surface area contributed by atoms with Crippen molar-refractivity contribution in [3.8, 4) is 11.5 Å². The minimum Gasteiger partial charge on any atom is -0.490 e. The second-order valence-corrected chi connectivity index (χ2v) is 5.85. The molecule has 0 saturated heterocycles. The number of nitrogens with one attached hydrogen (secondary N) is 1. The molecule has 0 heterocycles. The fraction of sp³-hybridized carbons (Fsp3) is 0.625. The maximum atomic E-state index is 5.95. The quantitative estimate of drug-likeness (QED) is 0.816. The SMILES string of the molecule is CCCOc1ccccc1OC(C)CNC(C)(C)C. The molecule has 3 nitrogen and oxygen atoms in total. The highest BCUT2D eigenvalue weighted by Gasteiger charge is 2.13. The van der Waals surface area contributed by atoms with Crippen LogP contribution < -0.4 is 14.8 Å². The highest BCUT2D eigenvalue weighted by Crippen LogP contribution is 2.27. The monoisotopic (exact) mass is 265 g/mol. The minimum absolute atomic E-state index is 0.102. The molecule has 1 atom stereocenters. The summed E-state index contributed by atoms with van der Waals surface area (Å²) >= 11 is 0. The summed E-state index contributed by atoms with van der Waals surface area (Å²) in [6, 6.07) is 7.85. The Morgan fingerprint density at radius 2 is 1.79 bits per heavy atom.